The Kier molecular flexibility index (Phi) is 7.58. The van der Waals surface area contributed by atoms with Gasteiger partial charge < -0.3 is 20.5 Å². The number of aromatic nitrogens is 5. The Morgan fingerprint density at radius 1 is 0.925 bits per heavy atom. The van der Waals surface area contributed by atoms with Crippen molar-refractivity contribution in [1.29, 1.82) is 0 Å². The summed E-state index contributed by atoms with van der Waals surface area (Å²) in [4.78, 5) is 42.7. The fourth-order valence-corrected chi connectivity index (χ4v) is 4.04. The van der Waals surface area contributed by atoms with E-state index in [1.54, 1.807) is 62.2 Å². The summed E-state index contributed by atoms with van der Waals surface area (Å²) in [6.45, 7) is 5.62. The lowest BCUT2D eigenvalue weighted by molar-refractivity contribution is -0.115. The van der Waals surface area contributed by atoms with Crippen LogP contribution in [0.25, 0.3) is 16.9 Å². The van der Waals surface area contributed by atoms with Crippen molar-refractivity contribution in [3.8, 4) is 16.9 Å². The molecule has 0 saturated carbocycles. The molecular weight excluding hydrogens is 504 g/mol. The van der Waals surface area contributed by atoms with Crippen molar-refractivity contribution in [2.75, 3.05) is 16.0 Å². The molecule has 5 aromatic rings. The smallest absolute Gasteiger partial charge is 0.255 e. The molecule has 0 spiro atoms. The van der Waals surface area contributed by atoms with Crippen LogP contribution in [0.4, 0.5) is 23.0 Å². The molecule has 0 aliphatic carbocycles. The van der Waals surface area contributed by atoms with E-state index in [-0.39, 0.29) is 11.8 Å². The monoisotopic (exact) mass is 532 g/mol. The Balaban J connectivity index is 1.38. The lowest BCUT2D eigenvalue weighted by Gasteiger charge is -2.15. The van der Waals surface area contributed by atoms with Crippen LogP contribution in [-0.4, -0.2) is 36.3 Å². The summed E-state index contributed by atoms with van der Waals surface area (Å²) in [5.41, 5.74) is 6.43. The number of carbonyl (C=O) groups excluding carboxylic acids is 2. The third-order valence-corrected chi connectivity index (χ3v) is 6.20. The predicted octanol–water partition coefficient (Wildman–Crippen LogP) is 5.69. The number of carbonyl (C=O) groups is 2. The Labute approximate surface area is 231 Å². The fourth-order valence-electron chi connectivity index (χ4n) is 4.04. The van der Waals surface area contributed by atoms with Gasteiger partial charge in [0.25, 0.3) is 5.91 Å². The molecule has 0 atom stereocenters. The summed E-state index contributed by atoms with van der Waals surface area (Å²) < 4.78 is 1.81. The molecule has 0 bridgehead atoms. The van der Waals surface area contributed by atoms with Gasteiger partial charge in [-0.3, -0.25) is 14.6 Å². The number of aryl methyl sites for hydroxylation is 2. The van der Waals surface area contributed by atoms with E-state index in [0.29, 0.717) is 40.7 Å². The van der Waals surface area contributed by atoms with Crippen molar-refractivity contribution in [1.82, 2.24) is 24.5 Å². The van der Waals surface area contributed by atoms with E-state index in [1.165, 1.54) is 0 Å². The van der Waals surface area contributed by atoms with Crippen LogP contribution < -0.4 is 16.0 Å². The third kappa shape index (κ3) is 6.02. The molecular formula is C30H28N8O2. The van der Waals surface area contributed by atoms with Crippen molar-refractivity contribution >= 4 is 34.8 Å². The summed E-state index contributed by atoms with van der Waals surface area (Å²) in [7, 11) is 0. The van der Waals surface area contributed by atoms with Crippen LogP contribution >= 0.6 is 0 Å². The van der Waals surface area contributed by atoms with Crippen LogP contribution in [0, 0.1) is 13.8 Å². The maximum Gasteiger partial charge on any atom is 0.255 e. The van der Waals surface area contributed by atoms with Crippen molar-refractivity contribution in [2.45, 2.75) is 27.2 Å². The number of amides is 2. The third-order valence-electron chi connectivity index (χ3n) is 6.20. The van der Waals surface area contributed by atoms with Gasteiger partial charge in [0.2, 0.25) is 11.9 Å². The van der Waals surface area contributed by atoms with E-state index >= 15 is 0 Å². The normalized spacial score (nSPS) is 10.7. The van der Waals surface area contributed by atoms with Crippen molar-refractivity contribution in [3.05, 3.63) is 103 Å². The average Bonchev–Trinajstić information content (AvgIpc) is 3.41. The summed E-state index contributed by atoms with van der Waals surface area (Å²) in [5.74, 6) is 0.0164. The number of anilines is 4. The van der Waals surface area contributed by atoms with E-state index in [0.717, 1.165) is 22.5 Å². The molecule has 0 radical (unpaired) electrons. The first kappa shape index (κ1) is 26.2. The molecule has 5 rings (SSSR count). The maximum absolute atomic E-state index is 13.3. The van der Waals surface area contributed by atoms with Crippen LogP contribution in [0.3, 0.4) is 0 Å². The van der Waals surface area contributed by atoms with Gasteiger partial charge >= 0.3 is 0 Å². The number of pyridine rings is 1. The molecule has 2 amide bonds. The standard InChI is InChI=1S/C30H28N8O2/c1-4-28(39)35-25-10-9-23(15-27(25)38-17-20(3)33-18-38)34-29(40)21-8-7-19(2)26(14-21)37-30-32-13-11-24(36-30)22-6-5-12-31-16-22/h5-18H,4H2,1-3H3,(H,34,40)(H,35,39)(H,32,36,37). The Morgan fingerprint density at radius 2 is 1.80 bits per heavy atom. The first-order valence-corrected chi connectivity index (χ1v) is 12.8. The Bertz CT molecular complexity index is 1680. The van der Waals surface area contributed by atoms with E-state index < -0.39 is 0 Å². The van der Waals surface area contributed by atoms with Gasteiger partial charge in [-0.25, -0.2) is 15.0 Å². The van der Waals surface area contributed by atoms with Crippen LogP contribution in [0.2, 0.25) is 0 Å². The van der Waals surface area contributed by atoms with Crippen molar-refractivity contribution < 1.29 is 9.59 Å². The second-order valence-electron chi connectivity index (χ2n) is 9.17. The zero-order valence-electron chi connectivity index (χ0n) is 22.3. The number of hydrogen-bond acceptors (Lipinski definition) is 7. The van der Waals surface area contributed by atoms with Crippen LogP contribution in [0.15, 0.2) is 85.7 Å². The zero-order valence-corrected chi connectivity index (χ0v) is 22.3. The second-order valence-corrected chi connectivity index (χ2v) is 9.17. The van der Waals surface area contributed by atoms with E-state index in [4.69, 9.17) is 0 Å². The SMILES string of the molecule is CCC(=O)Nc1ccc(NC(=O)c2ccc(C)c(Nc3nccc(-c4cccnc4)n3)c2)cc1-n1cnc(C)c1. The first-order valence-electron chi connectivity index (χ1n) is 12.8. The average molecular weight is 533 g/mol. The summed E-state index contributed by atoms with van der Waals surface area (Å²) >= 11 is 0. The largest absolute Gasteiger partial charge is 0.324 e. The van der Waals surface area contributed by atoms with Gasteiger partial charge in [0.1, 0.15) is 0 Å². The molecule has 10 nitrogen and oxygen atoms in total. The Morgan fingerprint density at radius 3 is 2.55 bits per heavy atom. The quantitative estimate of drug-likeness (QED) is 0.234. The highest BCUT2D eigenvalue weighted by Crippen LogP contribution is 2.27. The minimum atomic E-state index is -0.286. The number of rotatable bonds is 8. The molecule has 3 N–H and O–H groups in total. The van der Waals surface area contributed by atoms with Crippen LogP contribution in [-0.2, 0) is 4.79 Å². The number of hydrogen-bond donors (Lipinski definition) is 3. The summed E-state index contributed by atoms with van der Waals surface area (Å²) in [5, 5.41) is 9.10. The van der Waals surface area contributed by atoms with Gasteiger partial charge in [-0.2, -0.15) is 0 Å². The summed E-state index contributed by atoms with van der Waals surface area (Å²) in [6, 6.07) is 16.3. The van der Waals surface area contributed by atoms with E-state index in [9.17, 15) is 9.59 Å². The number of imidazole rings is 1. The maximum atomic E-state index is 13.3. The highest BCUT2D eigenvalue weighted by molar-refractivity contribution is 6.05. The number of nitrogens with zero attached hydrogens (tertiary/aromatic N) is 5. The predicted molar refractivity (Wildman–Crippen MR) is 155 cm³/mol. The van der Waals surface area contributed by atoms with Gasteiger partial charge in [-0.1, -0.05) is 13.0 Å². The molecule has 2 aromatic carbocycles. The topological polar surface area (TPSA) is 127 Å². The van der Waals surface area contributed by atoms with Gasteiger partial charge in [0, 0.05) is 53.7 Å². The molecule has 200 valence electrons. The fraction of sp³-hybridized carbons (Fsp3) is 0.133. The van der Waals surface area contributed by atoms with Crippen LogP contribution in [0.1, 0.15) is 35.0 Å². The lowest BCUT2D eigenvalue weighted by atomic mass is 10.1. The number of benzene rings is 2. The zero-order chi connectivity index (χ0) is 28.1. The summed E-state index contributed by atoms with van der Waals surface area (Å²) in [6.07, 6.45) is 9.00. The molecule has 10 heteroatoms. The van der Waals surface area contributed by atoms with Gasteiger partial charge in [0.15, 0.2) is 0 Å². The van der Waals surface area contributed by atoms with Crippen molar-refractivity contribution in [2.24, 2.45) is 0 Å². The second kappa shape index (κ2) is 11.6. The minimum Gasteiger partial charge on any atom is -0.324 e. The molecule has 40 heavy (non-hydrogen) atoms. The first-order chi connectivity index (χ1) is 19.4. The van der Waals surface area contributed by atoms with Crippen LogP contribution in [0.5, 0.6) is 0 Å². The van der Waals surface area contributed by atoms with E-state index in [1.807, 2.05) is 48.9 Å². The molecule has 0 saturated heterocycles. The molecule has 0 fully saturated rings. The van der Waals surface area contributed by atoms with Gasteiger partial charge in [0.05, 0.1) is 29.1 Å². The highest BCUT2D eigenvalue weighted by Gasteiger charge is 2.14. The minimum absolute atomic E-state index is 0.107. The van der Waals surface area contributed by atoms with Gasteiger partial charge in [-0.05, 0) is 67.9 Å². The molecule has 0 aliphatic rings. The lowest BCUT2D eigenvalue weighted by Crippen LogP contribution is -2.14. The molecule has 0 unspecified atom stereocenters. The van der Waals surface area contributed by atoms with Crippen molar-refractivity contribution in [3.63, 3.8) is 0 Å². The van der Waals surface area contributed by atoms with Gasteiger partial charge in [-0.15, -0.1) is 0 Å². The Hall–Kier alpha value is -5.38. The highest BCUT2D eigenvalue weighted by atomic mass is 16.2. The molecule has 0 aliphatic heterocycles. The number of nitrogens with one attached hydrogen (secondary N) is 3. The van der Waals surface area contributed by atoms with E-state index in [2.05, 4.69) is 35.9 Å². The molecule has 3 heterocycles. The molecule has 3 aromatic heterocycles.